The normalized spacial score (nSPS) is 14.4. The number of halogens is 3. The molecule has 0 bridgehead atoms. The van der Waals surface area contributed by atoms with E-state index >= 15 is 0 Å². The Kier molecular flexibility index (Phi) is 11.4. The third-order valence-electron chi connectivity index (χ3n) is 7.68. The van der Waals surface area contributed by atoms with Crippen LogP contribution in [0, 0.1) is 12.7 Å². The van der Waals surface area contributed by atoms with E-state index in [0.717, 1.165) is 40.9 Å². The van der Waals surface area contributed by atoms with Crippen LogP contribution in [0.3, 0.4) is 0 Å². The number of anilines is 2. The van der Waals surface area contributed by atoms with Crippen LogP contribution in [0.25, 0.3) is 0 Å². The Morgan fingerprint density at radius 3 is 2.48 bits per heavy atom. The van der Waals surface area contributed by atoms with Crippen molar-refractivity contribution in [2.24, 2.45) is 0 Å². The van der Waals surface area contributed by atoms with Gasteiger partial charge in [0.15, 0.2) is 0 Å². The summed E-state index contributed by atoms with van der Waals surface area (Å²) in [6.07, 6.45) is 0.695. The van der Waals surface area contributed by atoms with Crippen molar-refractivity contribution in [3.63, 3.8) is 0 Å². The number of benzene rings is 2. The summed E-state index contributed by atoms with van der Waals surface area (Å²) in [5.74, 6) is -1.17. The maximum absolute atomic E-state index is 13.7. The zero-order chi connectivity index (χ0) is 29.7. The Morgan fingerprint density at radius 2 is 1.76 bits per heavy atom. The molecule has 230 valence electrons. The number of hydrogen-bond donors (Lipinski definition) is 1. The number of nitrogens with zero attached hydrogens (tertiary/aromatic N) is 4. The summed E-state index contributed by atoms with van der Waals surface area (Å²) in [6, 6.07) is 8.09. The lowest BCUT2D eigenvalue weighted by Gasteiger charge is -2.34. The van der Waals surface area contributed by atoms with Crippen molar-refractivity contribution in [3.8, 4) is 0 Å². The molecule has 0 spiro atoms. The van der Waals surface area contributed by atoms with Crippen LogP contribution < -0.4 is 15.1 Å². The minimum Gasteiger partial charge on any atom is -0.355 e. The molecule has 0 fully saturated rings. The highest BCUT2D eigenvalue weighted by Crippen LogP contribution is 2.35. The molecule has 0 aromatic heterocycles. The Labute approximate surface area is 246 Å². The number of alkyl halides is 2. The summed E-state index contributed by atoms with van der Waals surface area (Å²) in [6.45, 7) is 4.37. The molecule has 2 aliphatic rings. The van der Waals surface area contributed by atoms with Gasteiger partial charge in [-0.3, -0.25) is 19.4 Å². The van der Waals surface area contributed by atoms with Gasteiger partial charge in [0, 0.05) is 44.5 Å². The smallest absolute Gasteiger partial charge is 0.256 e. The number of carbonyl (C=O) groups excluding carboxylic acids is 3. The number of fused-ring (bicyclic) bond motifs is 2. The average molecular weight is 590 g/mol. The third kappa shape index (κ3) is 7.81. The summed E-state index contributed by atoms with van der Waals surface area (Å²) in [4.78, 5) is 41.7. The number of amides is 3. The van der Waals surface area contributed by atoms with Crippen molar-refractivity contribution in [2.45, 2.75) is 72.9 Å². The lowest BCUT2D eigenvalue weighted by Crippen LogP contribution is -2.48. The first-order valence-corrected chi connectivity index (χ1v) is 14.1. The van der Waals surface area contributed by atoms with Gasteiger partial charge >= 0.3 is 0 Å². The maximum atomic E-state index is 13.7. The quantitative estimate of drug-likeness (QED) is 0.360. The van der Waals surface area contributed by atoms with Gasteiger partial charge in [-0.15, -0.1) is 0 Å². The Bertz CT molecular complexity index is 1290. The molecular weight excluding hydrogens is 547 g/mol. The fraction of sp³-hybridized carbons (Fsp3) is 0.516. The molecular formula is C31H42F3N5O3. The van der Waals surface area contributed by atoms with Crippen LogP contribution in [-0.4, -0.2) is 67.4 Å². The predicted molar refractivity (Wildman–Crippen MR) is 158 cm³/mol. The van der Waals surface area contributed by atoms with Crippen LogP contribution in [0.2, 0.25) is 0 Å². The molecule has 2 aliphatic heterocycles. The molecule has 3 amide bonds. The first kappa shape index (κ1) is 32.9. The van der Waals surface area contributed by atoms with Gasteiger partial charge in [0.25, 0.3) is 12.3 Å². The van der Waals surface area contributed by atoms with Crippen molar-refractivity contribution in [1.29, 1.82) is 0 Å². The van der Waals surface area contributed by atoms with E-state index < -0.39 is 13.0 Å². The predicted octanol–water partition coefficient (Wildman–Crippen LogP) is 4.82. The molecule has 0 saturated carbocycles. The topological polar surface area (TPSA) is 76.2 Å². The highest BCUT2D eigenvalue weighted by Gasteiger charge is 2.30. The second-order valence-electron chi connectivity index (χ2n) is 10.7. The number of likely N-dealkylation sites (N-methyl/N-ethyl adjacent to an activating group) is 1. The SMILES string of the molecule is C.CCCCCNC(=O)CN(CC(=O)N(C)N1Cc2ccc(F)cc2C1)c1cc2c(cc1C)N(CC(F)F)C(=O)CC2. The molecule has 0 atom stereocenters. The number of rotatable bonds is 12. The zero-order valence-electron chi connectivity index (χ0n) is 23.9. The van der Waals surface area contributed by atoms with Gasteiger partial charge in [-0.1, -0.05) is 33.3 Å². The average Bonchev–Trinajstić information content (AvgIpc) is 3.35. The second-order valence-corrected chi connectivity index (χ2v) is 10.7. The molecule has 2 heterocycles. The van der Waals surface area contributed by atoms with Crippen LogP contribution in [0.4, 0.5) is 24.5 Å². The van der Waals surface area contributed by atoms with Crippen LogP contribution in [-0.2, 0) is 33.9 Å². The molecule has 0 radical (unpaired) electrons. The standard InChI is InChI=1S/C30H38F3N5O3.CH4/c1-4-5-6-11-34-28(39)18-36(19-30(41)35(3)37-15-22-7-9-24(31)13-23(22)16-37)25-14-21-8-10-29(40)38(17-27(32)33)26(21)12-20(25)2;/h7,9,12-14,27H,4-6,8,10-11,15-19H2,1-3H3,(H,34,39);1H4. The molecule has 0 aliphatic carbocycles. The minimum absolute atomic E-state index is 0. The van der Waals surface area contributed by atoms with Gasteiger partial charge in [0.2, 0.25) is 11.8 Å². The van der Waals surface area contributed by atoms with Crippen LogP contribution in [0.15, 0.2) is 30.3 Å². The fourth-order valence-corrected chi connectivity index (χ4v) is 5.40. The van der Waals surface area contributed by atoms with E-state index in [4.69, 9.17) is 0 Å². The molecule has 4 rings (SSSR count). The van der Waals surface area contributed by atoms with E-state index in [1.54, 1.807) is 31.0 Å². The highest BCUT2D eigenvalue weighted by molar-refractivity contribution is 5.97. The van der Waals surface area contributed by atoms with Crippen molar-refractivity contribution in [3.05, 3.63) is 58.4 Å². The summed E-state index contributed by atoms with van der Waals surface area (Å²) >= 11 is 0. The molecule has 2 aromatic carbocycles. The maximum Gasteiger partial charge on any atom is 0.256 e. The first-order chi connectivity index (χ1) is 19.6. The molecule has 42 heavy (non-hydrogen) atoms. The zero-order valence-corrected chi connectivity index (χ0v) is 23.9. The fourth-order valence-electron chi connectivity index (χ4n) is 5.40. The number of hydrogen-bond acceptors (Lipinski definition) is 5. The number of hydrazine groups is 1. The number of aryl methyl sites for hydroxylation is 2. The van der Waals surface area contributed by atoms with E-state index in [2.05, 4.69) is 12.2 Å². The van der Waals surface area contributed by atoms with E-state index in [0.29, 0.717) is 43.0 Å². The number of nitrogens with one attached hydrogen (secondary N) is 1. The van der Waals surface area contributed by atoms with E-state index in [-0.39, 0.29) is 50.5 Å². The van der Waals surface area contributed by atoms with Gasteiger partial charge in [-0.25, -0.2) is 18.2 Å². The third-order valence-corrected chi connectivity index (χ3v) is 7.68. The van der Waals surface area contributed by atoms with Crippen LogP contribution in [0.5, 0.6) is 0 Å². The lowest BCUT2D eigenvalue weighted by atomic mass is 9.97. The summed E-state index contributed by atoms with van der Waals surface area (Å²) in [5, 5.41) is 6.24. The lowest BCUT2D eigenvalue weighted by molar-refractivity contribution is -0.145. The first-order valence-electron chi connectivity index (χ1n) is 14.1. The van der Waals surface area contributed by atoms with Crippen LogP contribution >= 0.6 is 0 Å². The molecule has 11 heteroatoms. The van der Waals surface area contributed by atoms with Gasteiger partial charge in [-0.05, 0) is 66.3 Å². The van der Waals surface area contributed by atoms with Gasteiger partial charge in [0.05, 0.1) is 19.6 Å². The van der Waals surface area contributed by atoms with E-state index in [1.807, 2.05) is 11.1 Å². The van der Waals surface area contributed by atoms with Gasteiger partial charge in [0.1, 0.15) is 5.82 Å². The Balaban J connectivity index is 0.00000484. The molecule has 2 aromatic rings. The summed E-state index contributed by atoms with van der Waals surface area (Å²) < 4.78 is 40.2. The molecule has 0 unspecified atom stereocenters. The van der Waals surface area contributed by atoms with Gasteiger partial charge < -0.3 is 15.1 Å². The molecule has 0 saturated heterocycles. The van der Waals surface area contributed by atoms with Crippen molar-refractivity contribution < 1.29 is 27.6 Å². The van der Waals surface area contributed by atoms with E-state index in [9.17, 15) is 27.6 Å². The van der Waals surface area contributed by atoms with Gasteiger partial charge in [-0.2, -0.15) is 0 Å². The van der Waals surface area contributed by atoms with E-state index in [1.165, 1.54) is 17.1 Å². The Hall–Kier alpha value is -3.60. The summed E-state index contributed by atoms with van der Waals surface area (Å²) in [5.41, 5.74) is 4.22. The van der Waals surface area contributed by atoms with Crippen molar-refractivity contribution >= 4 is 29.1 Å². The number of unbranched alkanes of at least 4 members (excludes halogenated alkanes) is 2. The minimum atomic E-state index is -2.67. The van der Waals surface area contributed by atoms with Crippen molar-refractivity contribution in [1.82, 2.24) is 15.3 Å². The van der Waals surface area contributed by atoms with Crippen LogP contribution in [0.1, 0.15) is 62.3 Å². The largest absolute Gasteiger partial charge is 0.355 e. The number of carbonyl (C=O) groups is 3. The second kappa shape index (κ2) is 14.5. The Morgan fingerprint density at radius 1 is 1.02 bits per heavy atom. The monoisotopic (exact) mass is 589 g/mol. The van der Waals surface area contributed by atoms with Crippen molar-refractivity contribution in [2.75, 3.05) is 43.0 Å². The molecule has 8 nitrogen and oxygen atoms in total. The summed E-state index contributed by atoms with van der Waals surface area (Å²) in [7, 11) is 1.65. The molecule has 1 N–H and O–H groups in total. The highest BCUT2D eigenvalue weighted by atomic mass is 19.3.